The van der Waals surface area contributed by atoms with Crippen LogP contribution in [0, 0.1) is 29.8 Å². The first-order valence-corrected chi connectivity index (χ1v) is 8.05. The lowest BCUT2D eigenvalue weighted by Gasteiger charge is -2.05. The van der Waals surface area contributed by atoms with Gasteiger partial charge in [-0.15, -0.1) is 0 Å². The van der Waals surface area contributed by atoms with Crippen LogP contribution in [-0.4, -0.2) is 30.4 Å². The van der Waals surface area contributed by atoms with Crippen LogP contribution < -0.4 is 5.32 Å². The first kappa shape index (κ1) is 18.2. The molecule has 1 amide bonds. The van der Waals surface area contributed by atoms with Gasteiger partial charge in [0.2, 0.25) is 5.69 Å². The number of nitro groups is 1. The molecule has 0 aliphatic rings. The molecule has 0 fully saturated rings. The normalized spacial score (nSPS) is 10.8. The van der Waals surface area contributed by atoms with Crippen molar-refractivity contribution in [3.8, 4) is 0 Å². The lowest BCUT2D eigenvalue weighted by atomic mass is 10.2. The Morgan fingerprint density at radius 1 is 1.30 bits per heavy atom. The summed E-state index contributed by atoms with van der Waals surface area (Å²) in [6, 6.07) is 7.93. The molecule has 3 aromatic rings. The summed E-state index contributed by atoms with van der Waals surface area (Å²) in [7, 11) is 1.52. The minimum atomic E-state index is -0.735. The fourth-order valence-electron chi connectivity index (χ4n) is 2.66. The van der Waals surface area contributed by atoms with Crippen molar-refractivity contribution >= 4 is 17.4 Å². The molecule has 0 bridgehead atoms. The van der Waals surface area contributed by atoms with Crippen LogP contribution >= 0.6 is 0 Å². The van der Waals surface area contributed by atoms with E-state index in [-0.39, 0.29) is 35.3 Å². The van der Waals surface area contributed by atoms with Crippen LogP contribution in [-0.2, 0) is 13.6 Å². The molecule has 0 unspecified atom stereocenters. The lowest BCUT2D eigenvalue weighted by Crippen LogP contribution is -2.15. The molecule has 1 aromatic carbocycles. The zero-order chi connectivity index (χ0) is 19.7. The number of anilines is 1. The van der Waals surface area contributed by atoms with Gasteiger partial charge in [0.25, 0.3) is 5.91 Å². The van der Waals surface area contributed by atoms with E-state index < -0.39 is 10.8 Å². The van der Waals surface area contributed by atoms with Gasteiger partial charge in [-0.2, -0.15) is 10.2 Å². The van der Waals surface area contributed by atoms with Gasteiger partial charge >= 0.3 is 5.69 Å². The summed E-state index contributed by atoms with van der Waals surface area (Å²) in [6.45, 7) is 3.46. The summed E-state index contributed by atoms with van der Waals surface area (Å²) in [6.07, 6.45) is 0. The maximum Gasteiger partial charge on any atom is 0.322 e. The van der Waals surface area contributed by atoms with Crippen molar-refractivity contribution < 1.29 is 14.1 Å². The van der Waals surface area contributed by atoms with Crippen LogP contribution in [0.5, 0.6) is 0 Å². The number of aryl methyl sites for hydroxylation is 2. The summed E-state index contributed by atoms with van der Waals surface area (Å²) in [5, 5.41) is 21.9. The summed E-state index contributed by atoms with van der Waals surface area (Å²) in [4.78, 5) is 23.0. The third kappa shape index (κ3) is 3.54. The van der Waals surface area contributed by atoms with Crippen molar-refractivity contribution in [2.75, 3.05) is 5.32 Å². The fraction of sp³-hybridized carbons (Fsp3) is 0.235. The number of nitrogens with zero attached hydrogens (tertiary/aromatic N) is 5. The molecule has 0 saturated heterocycles. The van der Waals surface area contributed by atoms with Crippen LogP contribution in [0.4, 0.5) is 15.9 Å². The van der Waals surface area contributed by atoms with Gasteiger partial charge in [0.05, 0.1) is 11.5 Å². The van der Waals surface area contributed by atoms with E-state index in [1.807, 2.05) is 0 Å². The topological polar surface area (TPSA) is 108 Å². The molecule has 10 heteroatoms. The average Bonchev–Trinajstić information content (AvgIpc) is 3.09. The average molecular weight is 372 g/mol. The zero-order valence-electron chi connectivity index (χ0n) is 14.9. The second-order valence-electron chi connectivity index (χ2n) is 6.04. The predicted molar refractivity (Wildman–Crippen MR) is 95.0 cm³/mol. The van der Waals surface area contributed by atoms with Crippen molar-refractivity contribution in [2.24, 2.45) is 7.05 Å². The number of carbonyl (C=O) groups excluding carboxylic acids is 1. The molecule has 2 heterocycles. The molecular weight excluding hydrogens is 355 g/mol. The van der Waals surface area contributed by atoms with Crippen LogP contribution in [0.25, 0.3) is 0 Å². The number of rotatable bonds is 5. The highest BCUT2D eigenvalue weighted by Crippen LogP contribution is 2.23. The molecular formula is C17H17FN6O3. The molecule has 0 radical (unpaired) electrons. The summed E-state index contributed by atoms with van der Waals surface area (Å²) in [5.41, 5.74) is 0.781. The Hall–Kier alpha value is -3.56. The van der Waals surface area contributed by atoms with Gasteiger partial charge in [-0.05, 0) is 19.9 Å². The van der Waals surface area contributed by atoms with E-state index in [0.717, 1.165) is 0 Å². The van der Waals surface area contributed by atoms with Crippen LogP contribution in [0.15, 0.2) is 30.3 Å². The lowest BCUT2D eigenvalue weighted by molar-refractivity contribution is -0.385. The fourth-order valence-corrected chi connectivity index (χ4v) is 2.66. The Morgan fingerprint density at radius 3 is 2.67 bits per heavy atom. The van der Waals surface area contributed by atoms with Crippen molar-refractivity contribution in [3.05, 3.63) is 68.9 Å². The Kier molecular flexibility index (Phi) is 4.72. The second kappa shape index (κ2) is 6.98. The van der Waals surface area contributed by atoms with E-state index in [1.54, 1.807) is 31.2 Å². The zero-order valence-corrected chi connectivity index (χ0v) is 14.9. The first-order chi connectivity index (χ1) is 12.8. The number of aromatic nitrogens is 4. The van der Waals surface area contributed by atoms with Gasteiger partial charge in [0.1, 0.15) is 11.5 Å². The quantitative estimate of drug-likeness (QED) is 0.547. The van der Waals surface area contributed by atoms with Crippen molar-refractivity contribution in [1.29, 1.82) is 0 Å². The third-order valence-electron chi connectivity index (χ3n) is 4.20. The number of hydrogen-bond donors (Lipinski definition) is 1. The van der Waals surface area contributed by atoms with Crippen molar-refractivity contribution in [2.45, 2.75) is 20.4 Å². The SMILES string of the molecule is Cc1c([N+](=O)[O-])c(C(=O)Nc2cc(C)n(Cc3ccccc3F)n2)nn1C. The monoisotopic (exact) mass is 372 g/mol. The molecule has 0 atom stereocenters. The van der Waals surface area contributed by atoms with Crippen LogP contribution in [0.2, 0.25) is 0 Å². The molecule has 0 aliphatic heterocycles. The van der Waals surface area contributed by atoms with E-state index in [1.165, 1.54) is 29.4 Å². The third-order valence-corrected chi connectivity index (χ3v) is 4.20. The smallest absolute Gasteiger partial charge is 0.303 e. The van der Waals surface area contributed by atoms with E-state index in [0.29, 0.717) is 11.3 Å². The number of hydrogen-bond acceptors (Lipinski definition) is 5. The van der Waals surface area contributed by atoms with Gasteiger partial charge in [0, 0.05) is 24.4 Å². The van der Waals surface area contributed by atoms with Crippen molar-refractivity contribution in [3.63, 3.8) is 0 Å². The van der Waals surface area contributed by atoms with Crippen molar-refractivity contribution in [1.82, 2.24) is 19.6 Å². The maximum absolute atomic E-state index is 13.8. The number of halogens is 1. The minimum absolute atomic E-state index is 0.192. The number of carbonyl (C=O) groups is 1. The van der Waals surface area contributed by atoms with E-state index in [4.69, 9.17) is 0 Å². The maximum atomic E-state index is 13.8. The van der Waals surface area contributed by atoms with Gasteiger partial charge in [-0.1, -0.05) is 18.2 Å². The molecule has 2 aromatic heterocycles. The van der Waals surface area contributed by atoms with Gasteiger partial charge in [-0.3, -0.25) is 24.3 Å². The minimum Gasteiger partial charge on any atom is -0.303 e. The highest BCUT2D eigenvalue weighted by atomic mass is 19.1. The van der Waals surface area contributed by atoms with Gasteiger partial charge in [-0.25, -0.2) is 4.39 Å². The number of amides is 1. The highest BCUT2D eigenvalue weighted by Gasteiger charge is 2.29. The Labute approximate surface area is 153 Å². The summed E-state index contributed by atoms with van der Waals surface area (Å²) >= 11 is 0. The Balaban J connectivity index is 1.83. The molecule has 9 nitrogen and oxygen atoms in total. The summed E-state index contributed by atoms with van der Waals surface area (Å²) in [5.74, 6) is -0.884. The Morgan fingerprint density at radius 2 is 2.00 bits per heavy atom. The standard InChI is InChI=1S/C17H17FN6O3/c1-10-8-14(20-23(10)9-12-6-4-5-7-13(12)18)19-17(25)15-16(24(26)27)11(2)22(3)21-15/h4-8H,9H2,1-3H3,(H,19,20,25). The molecule has 0 spiro atoms. The molecule has 27 heavy (non-hydrogen) atoms. The Bertz CT molecular complexity index is 1040. The molecule has 140 valence electrons. The first-order valence-electron chi connectivity index (χ1n) is 8.05. The van der Waals surface area contributed by atoms with E-state index in [2.05, 4.69) is 15.5 Å². The summed E-state index contributed by atoms with van der Waals surface area (Å²) < 4.78 is 16.6. The number of nitrogens with one attached hydrogen (secondary N) is 1. The number of benzene rings is 1. The molecule has 3 rings (SSSR count). The predicted octanol–water partition coefficient (Wildman–Crippen LogP) is 2.58. The van der Waals surface area contributed by atoms with Gasteiger partial charge in [0.15, 0.2) is 5.82 Å². The van der Waals surface area contributed by atoms with Crippen LogP contribution in [0.3, 0.4) is 0 Å². The second-order valence-corrected chi connectivity index (χ2v) is 6.04. The highest BCUT2D eigenvalue weighted by molar-refractivity contribution is 6.05. The largest absolute Gasteiger partial charge is 0.322 e. The van der Waals surface area contributed by atoms with E-state index in [9.17, 15) is 19.3 Å². The van der Waals surface area contributed by atoms with E-state index >= 15 is 0 Å². The molecule has 0 aliphatic carbocycles. The van der Waals surface area contributed by atoms with Crippen LogP contribution in [0.1, 0.15) is 27.4 Å². The molecule has 1 N–H and O–H groups in total. The van der Waals surface area contributed by atoms with Gasteiger partial charge < -0.3 is 5.32 Å². The molecule has 0 saturated carbocycles.